The van der Waals surface area contributed by atoms with E-state index < -0.39 is 17.9 Å². The second kappa shape index (κ2) is 17.9. The van der Waals surface area contributed by atoms with Crippen LogP contribution in [-0.2, 0) is 21.0 Å². The first kappa shape index (κ1) is 37.4. The van der Waals surface area contributed by atoms with Gasteiger partial charge >= 0.3 is 0 Å². The minimum absolute atomic E-state index is 0.0504. The van der Waals surface area contributed by atoms with E-state index in [1.165, 1.54) is 23.1 Å². The second-order valence-corrected chi connectivity index (χ2v) is 13.2. The Labute approximate surface area is 316 Å². The van der Waals surface area contributed by atoms with Crippen LogP contribution in [0.5, 0.6) is 5.75 Å². The lowest BCUT2D eigenvalue weighted by atomic mass is 9.99. The summed E-state index contributed by atoms with van der Waals surface area (Å²) in [6.45, 7) is 5.59. The smallest absolute Gasteiger partial charge is 0.285 e. The highest BCUT2D eigenvalue weighted by molar-refractivity contribution is 8.14. The van der Waals surface area contributed by atoms with Crippen molar-refractivity contribution in [3.63, 3.8) is 0 Å². The number of nitrogens with zero attached hydrogens (tertiary/aromatic N) is 2. The molecule has 0 atom stereocenters. The van der Waals surface area contributed by atoms with Gasteiger partial charge in [-0.2, -0.15) is 4.99 Å². The van der Waals surface area contributed by atoms with Gasteiger partial charge in [0.2, 0.25) is 5.91 Å². The monoisotopic (exact) mass is 755 g/mol. The Morgan fingerprint density at radius 3 is 2.12 bits per heavy atom. The molecule has 1 heterocycles. The van der Waals surface area contributed by atoms with E-state index >= 15 is 0 Å². The molecule has 0 aromatic heterocycles. The number of hydrogen-bond acceptors (Lipinski definition) is 5. The molecule has 11 heteroatoms. The highest BCUT2D eigenvalue weighted by Crippen LogP contribution is 2.36. The lowest BCUT2D eigenvalue weighted by Gasteiger charge is -2.28. The third kappa shape index (κ3) is 9.48. The Kier molecular flexibility index (Phi) is 13.1. The van der Waals surface area contributed by atoms with E-state index in [0.717, 1.165) is 28.5 Å². The summed E-state index contributed by atoms with van der Waals surface area (Å²) in [7, 11) is 0. The summed E-state index contributed by atoms with van der Waals surface area (Å²) in [5.41, 5.74) is 3.15. The Balaban J connectivity index is 1.39. The van der Waals surface area contributed by atoms with Gasteiger partial charge in [-0.15, -0.1) is 0 Å². The molecule has 0 fully saturated rings. The number of carbonyl (C=O) groups is 3. The Bertz CT molecular complexity index is 2000. The third-order valence-electron chi connectivity index (χ3n) is 7.57. The predicted octanol–water partition coefficient (Wildman–Crippen LogP) is 9.62. The number of hydrogen-bond donors (Lipinski definition) is 1. The van der Waals surface area contributed by atoms with Gasteiger partial charge in [0.25, 0.3) is 11.8 Å². The van der Waals surface area contributed by atoms with Gasteiger partial charge in [0.05, 0.1) is 21.8 Å². The molecule has 0 saturated heterocycles. The molecule has 3 amide bonds. The largest absolute Gasteiger partial charge is 0.486 e. The number of halogens is 3. The molecule has 0 bridgehead atoms. The van der Waals surface area contributed by atoms with Gasteiger partial charge in [0.15, 0.2) is 10.9 Å². The lowest BCUT2D eigenvalue weighted by molar-refractivity contribution is -0.126. The van der Waals surface area contributed by atoms with E-state index in [1.54, 1.807) is 37.3 Å². The van der Waals surface area contributed by atoms with Crippen molar-refractivity contribution >= 4 is 75.5 Å². The standard InChI is InChI=1S/C40H32Cl3N3O4S/c1-3-5-19-30(4-2)46-39(49)31(21-26-22-33(42)37(34(43)23-26)50-24-29-18-12-13-20-32(29)41)38(48)45-40(46)51-25-35(47)44-36(27-14-8-6-9-15-27)28-16-10-7-11-17-28/h3-23,36H,1,24-25H2,2H3,(H,44,47)/b19-5-,30-4+,31-21+. The number of rotatable bonds is 12. The van der Waals surface area contributed by atoms with E-state index in [-0.39, 0.29) is 44.8 Å². The second-order valence-electron chi connectivity index (χ2n) is 11.0. The summed E-state index contributed by atoms with van der Waals surface area (Å²) < 4.78 is 5.87. The Morgan fingerprint density at radius 2 is 1.53 bits per heavy atom. The molecule has 0 radical (unpaired) electrons. The number of benzene rings is 4. The molecule has 5 rings (SSSR count). The average molecular weight is 757 g/mol. The molecular weight excluding hydrogens is 725 g/mol. The fourth-order valence-corrected chi connectivity index (χ4v) is 6.74. The number of aliphatic imine (C=N–C) groups is 1. The Morgan fingerprint density at radius 1 is 0.922 bits per heavy atom. The van der Waals surface area contributed by atoms with Crippen molar-refractivity contribution in [1.29, 1.82) is 0 Å². The fourth-order valence-electron chi connectivity index (χ4n) is 5.13. The summed E-state index contributed by atoms with van der Waals surface area (Å²) in [6.07, 6.45) is 7.95. The summed E-state index contributed by atoms with van der Waals surface area (Å²) in [5, 5.41) is 4.02. The van der Waals surface area contributed by atoms with E-state index in [9.17, 15) is 14.4 Å². The van der Waals surface area contributed by atoms with Crippen molar-refractivity contribution in [1.82, 2.24) is 10.2 Å². The first-order chi connectivity index (χ1) is 24.7. The maximum Gasteiger partial charge on any atom is 0.285 e. The molecule has 0 unspecified atom stereocenters. The van der Waals surface area contributed by atoms with Crippen LogP contribution in [-0.4, -0.2) is 33.5 Å². The summed E-state index contributed by atoms with van der Waals surface area (Å²) in [4.78, 5) is 46.5. The van der Waals surface area contributed by atoms with E-state index in [2.05, 4.69) is 16.9 Å². The van der Waals surface area contributed by atoms with Gasteiger partial charge in [-0.25, -0.2) is 0 Å². The van der Waals surface area contributed by atoms with Crippen molar-refractivity contribution in [2.75, 3.05) is 5.75 Å². The van der Waals surface area contributed by atoms with Gasteiger partial charge in [-0.3, -0.25) is 19.3 Å². The number of thioether (sulfide) groups is 1. The molecule has 0 saturated carbocycles. The topological polar surface area (TPSA) is 88.1 Å². The van der Waals surface area contributed by atoms with Crippen molar-refractivity contribution in [2.45, 2.75) is 19.6 Å². The minimum Gasteiger partial charge on any atom is -0.486 e. The zero-order valence-corrected chi connectivity index (χ0v) is 30.5. The maximum absolute atomic E-state index is 14.1. The lowest BCUT2D eigenvalue weighted by Crippen LogP contribution is -2.42. The normalized spacial score (nSPS) is 14.3. The van der Waals surface area contributed by atoms with Crippen LogP contribution >= 0.6 is 46.6 Å². The maximum atomic E-state index is 14.1. The highest BCUT2D eigenvalue weighted by atomic mass is 35.5. The average Bonchev–Trinajstić information content (AvgIpc) is 3.13. The number of amidine groups is 1. The highest BCUT2D eigenvalue weighted by Gasteiger charge is 2.35. The van der Waals surface area contributed by atoms with Crippen molar-refractivity contribution in [2.24, 2.45) is 4.99 Å². The fraction of sp³-hybridized carbons (Fsp3) is 0.100. The molecule has 51 heavy (non-hydrogen) atoms. The van der Waals surface area contributed by atoms with E-state index in [4.69, 9.17) is 39.5 Å². The van der Waals surface area contributed by atoms with Gasteiger partial charge in [-0.1, -0.05) is 150 Å². The molecule has 4 aromatic carbocycles. The van der Waals surface area contributed by atoms with Crippen LogP contribution < -0.4 is 10.1 Å². The van der Waals surface area contributed by atoms with Gasteiger partial charge in [0, 0.05) is 16.3 Å². The number of ether oxygens (including phenoxy) is 1. The van der Waals surface area contributed by atoms with Crippen molar-refractivity contribution < 1.29 is 19.1 Å². The zero-order chi connectivity index (χ0) is 36.3. The predicted molar refractivity (Wildman–Crippen MR) is 208 cm³/mol. The molecule has 4 aromatic rings. The zero-order valence-electron chi connectivity index (χ0n) is 27.4. The number of nitrogens with one attached hydrogen (secondary N) is 1. The summed E-state index contributed by atoms with van der Waals surface area (Å²) in [6, 6.07) is 29.1. The molecule has 1 aliphatic rings. The molecule has 1 N–H and O–H groups in total. The minimum atomic E-state index is -0.778. The molecule has 1 aliphatic heterocycles. The summed E-state index contributed by atoms with van der Waals surface area (Å²) >= 11 is 20.3. The van der Waals surface area contributed by atoms with Crippen LogP contribution in [0.2, 0.25) is 15.1 Å². The van der Waals surface area contributed by atoms with Crippen LogP contribution in [0, 0.1) is 0 Å². The van der Waals surface area contributed by atoms with Crippen LogP contribution in [0.15, 0.2) is 144 Å². The summed E-state index contributed by atoms with van der Waals surface area (Å²) in [5.74, 6) is -1.62. The third-order valence-corrected chi connectivity index (χ3v) is 9.44. The molecule has 0 aliphatic carbocycles. The van der Waals surface area contributed by atoms with Crippen molar-refractivity contribution in [3.8, 4) is 5.75 Å². The van der Waals surface area contributed by atoms with Crippen LogP contribution in [0.25, 0.3) is 6.08 Å². The van der Waals surface area contributed by atoms with Gasteiger partial charge in [-0.05, 0) is 54.0 Å². The first-order valence-corrected chi connectivity index (χ1v) is 17.8. The van der Waals surface area contributed by atoms with Gasteiger partial charge < -0.3 is 10.1 Å². The quantitative estimate of drug-likeness (QED) is 0.0884. The van der Waals surface area contributed by atoms with E-state index in [0.29, 0.717) is 16.3 Å². The number of carbonyl (C=O) groups excluding carboxylic acids is 3. The first-order valence-electron chi connectivity index (χ1n) is 15.7. The van der Waals surface area contributed by atoms with Gasteiger partial charge in [0.1, 0.15) is 12.2 Å². The molecule has 7 nitrogen and oxygen atoms in total. The van der Waals surface area contributed by atoms with Crippen LogP contribution in [0.3, 0.4) is 0 Å². The van der Waals surface area contributed by atoms with Crippen LogP contribution in [0.1, 0.15) is 35.2 Å². The molecule has 258 valence electrons. The van der Waals surface area contributed by atoms with E-state index in [1.807, 2.05) is 78.9 Å². The van der Waals surface area contributed by atoms with Crippen LogP contribution in [0.4, 0.5) is 0 Å². The number of allylic oxidation sites excluding steroid dienone is 4. The SMILES string of the molecule is C=C/C=C\C(=C/C)N1C(=O)/C(=C/c2cc(Cl)c(OCc3ccccc3Cl)c(Cl)c2)C(=O)N=C1SCC(=O)NC(c1ccccc1)c1ccccc1. The molecule has 0 spiro atoms. The Hall–Kier alpha value is -4.86. The molecular formula is C40H32Cl3N3O4S. The number of amides is 3. The van der Waals surface area contributed by atoms with Crippen molar-refractivity contribution in [3.05, 3.63) is 177 Å².